The van der Waals surface area contributed by atoms with Gasteiger partial charge in [-0.3, -0.25) is 4.68 Å². The van der Waals surface area contributed by atoms with Crippen molar-refractivity contribution in [3.8, 4) is 0 Å². The molecule has 0 radical (unpaired) electrons. The van der Waals surface area contributed by atoms with Crippen LogP contribution < -0.4 is 5.32 Å². The number of rotatable bonds is 3. The zero-order chi connectivity index (χ0) is 13.2. The van der Waals surface area contributed by atoms with Crippen molar-refractivity contribution in [1.82, 2.24) is 20.1 Å². The normalized spacial score (nSPS) is 25.3. The van der Waals surface area contributed by atoms with E-state index in [0.717, 1.165) is 6.42 Å². The van der Waals surface area contributed by atoms with Crippen LogP contribution in [0.15, 0.2) is 6.33 Å². The first-order chi connectivity index (χ1) is 8.48. The molecule has 0 spiro atoms. The lowest BCUT2D eigenvalue weighted by atomic mass is 9.84. The lowest BCUT2D eigenvalue weighted by Crippen LogP contribution is -2.45. The molecule has 1 aliphatic rings. The third-order valence-corrected chi connectivity index (χ3v) is 3.51. The van der Waals surface area contributed by atoms with Gasteiger partial charge in [-0.2, -0.15) is 18.3 Å². The molecule has 2 atom stereocenters. The average Bonchev–Trinajstić information content (AvgIpc) is 2.71. The Morgan fingerprint density at radius 1 is 1.39 bits per heavy atom. The summed E-state index contributed by atoms with van der Waals surface area (Å²) < 4.78 is 40.2. The van der Waals surface area contributed by atoms with Crippen molar-refractivity contribution in [3.63, 3.8) is 0 Å². The van der Waals surface area contributed by atoms with Gasteiger partial charge in [-0.05, 0) is 12.8 Å². The van der Waals surface area contributed by atoms with Crippen LogP contribution in [0.2, 0.25) is 0 Å². The molecule has 0 aliphatic heterocycles. The van der Waals surface area contributed by atoms with E-state index >= 15 is 0 Å². The molecule has 2 rings (SSSR count). The summed E-state index contributed by atoms with van der Waals surface area (Å²) in [5.74, 6) is -0.582. The van der Waals surface area contributed by atoms with Gasteiger partial charge in [0.05, 0.1) is 12.5 Å². The Kier molecular flexibility index (Phi) is 3.89. The van der Waals surface area contributed by atoms with E-state index < -0.39 is 18.1 Å². The molecule has 1 aliphatic carbocycles. The molecule has 0 aromatic carbocycles. The van der Waals surface area contributed by atoms with E-state index in [4.69, 9.17) is 0 Å². The predicted octanol–water partition coefficient (Wildman–Crippen LogP) is 2.03. The number of nitrogens with zero attached hydrogens (tertiary/aromatic N) is 3. The molecule has 0 unspecified atom stereocenters. The van der Waals surface area contributed by atoms with E-state index in [0.29, 0.717) is 25.2 Å². The lowest BCUT2D eigenvalue weighted by molar-refractivity contribution is -0.189. The van der Waals surface area contributed by atoms with Gasteiger partial charge in [-0.25, -0.2) is 4.98 Å². The third kappa shape index (κ3) is 3.01. The minimum atomic E-state index is -4.11. The SMILES string of the molecule is Cn1ncnc1CN[C@H]1CCCC[C@H]1C(F)(F)F. The highest BCUT2D eigenvalue weighted by atomic mass is 19.4. The molecule has 7 heteroatoms. The summed E-state index contributed by atoms with van der Waals surface area (Å²) in [4.78, 5) is 4.00. The number of aryl methyl sites for hydroxylation is 1. The summed E-state index contributed by atoms with van der Waals surface area (Å²) >= 11 is 0. The molecule has 1 aromatic heterocycles. The highest BCUT2D eigenvalue weighted by Gasteiger charge is 2.45. The van der Waals surface area contributed by atoms with Gasteiger partial charge in [0.1, 0.15) is 12.2 Å². The van der Waals surface area contributed by atoms with Crippen LogP contribution in [0.4, 0.5) is 13.2 Å². The van der Waals surface area contributed by atoms with Crippen molar-refractivity contribution in [2.24, 2.45) is 13.0 Å². The highest BCUT2D eigenvalue weighted by Crippen LogP contribution is 2.37. The summed E-state index contributed by atoms with van der Waals surface area (Å²) in [5, 5.41) is 6.87. The van der Waals surface area contributed by atoms with E-state index in [1.807, 2.05) is 0 Å². The van der Waals surface area contributed by atoms with Gasteiger partial charge in [0.25, 0.3) is 0 Å². The van der Waals surface area contributed by atoms with Gasteiger partial charge in [0, 0.05) is 13.1 Å². The Bertz CT molecular complexity index is 388. The lowest BCUT2D eigenvalue weighted by Gasteiger charge is -2.33. The second-order valence-corrected chi connectivity index (χ2v) is 4.72. The number of nitrogens with one attached hydrogen (secondary N) is 1. The van der Waals surface area contributed by atoms with Crippen LogP contribution in [-0.2, 0) is 13.6 Å². The fourth-order valence-corrected chi connectivity index (χ4v) is 2.47. The van der Waals surface area contributed by atoms with Crippen molar-refractivity contribution in [1.29, 1.82) is 0 Å². The summed E-state index contributed by atoms with van der Waals surface area (Å²) in [7, 11) is 1.73. The number of halogens is 3. The zero-order valence-electron chi connectivity index (χ0n) is 10.2. The van der Waals surface area contributed by atoms with E-state index in [1.54, 1.807) is 11.7 Å². The standard InChI is InChI=1S/C11H17F3N4/c1-18-10(16-7-17-18)6-15-9-5-3-2-4-8(9)11(12,13)14/h7-9,15H,2-6H2,1H3/t8-,9+/m1/s1. The molecule has 1 N–H and O–H groups in total. The third-order valence-electron chi connectivity index (χ3n) is 3.51. The monoisotopic (exact) mass is 262 g/mol. The van der Waals surface area contributed by atoms with Crippen LogP contribution in [0.5, 0.6) is 0 Å². The second-order valence-electron chi connectivity index (χ2n) is 4.72. The Balaban J connectivity index is 1.96. The number of aromatic nitrogens is 3. The molecule has 1 saturated carbocycles. The molecule has 1 fully saturated rings. The Morgan fingerprint density at radius 2 is 2.11 bits per heavy atom. The summed E-state index contributed by atoms with van der Waals surface area (Å²) in [6.45, 7) is 0.327. The first-order valence-corrected chi connectivity index (χ1v) is 6.11. The van der Waals surface area contributed by atoms with Crippen molar-refractivity contribution < 1.29 is 13.2 Å². The predicted molar refractivity (Wildman–Crippen MR) is 59.6 cm³/mol. The van der Waals surface area contributed by atoms with Crippen molar-refractivity contribution in [3.05, 3.63) is 12.2 Å². The van der Waals surface area contributed by atoms with Crippen LogP contribution in [0.3, 0.4) is 0 Å². The molecule has 18 heavy (non-hydrogen) atoms. The molecule has 4 nitrogen and oxygen atoms in total. The van der Waals surface area contributed by atoms with Crippen LogP contribution in [0, 0.1) is 5.92 Å². The molecule has 0 bridgehead atoms. The maximum Gasteiger partial charge on any atom is 0.393 e. The molecule has 1 aromatic rings. The van der Waals surface area contributed by atoms with Gasteiger partial charge >= 0.3 is 6.18 Å². The van der Waals surface area contributed by atoms with Crippen LogP contribution in [-0.4, -0.2) is 27.0 Å². The number of hydrogen-bond donors (Lipinski definition) is 1. The molecule has 0 saturated heterocycles. The molecule has 1 heterocycles. The summed E-state index contributed by atoms with van der Waals surface area (Å²) in [5.41, 5.74) is 0. The first-order valence-electron chi connectivity index (χ1n) is 6.11. The van der Waals surface area contributed by atoms with Crippen molar-refractivity contribution in [2.75, 3.05) is 0 Å². The maximum absolute atomic E-state index is 12.9. The largest absolute Gasteiger partial charge is 0.393 e. The minimum Gasteiger partial charge on any atom is -0.306 e. The maximum atomic E-state index is 12.9. The van der Waals surface area contributed by atoms with Gasteiger partial charge < -0.3 is 5.32 Å². The van der Waals surface area contributed by atoms with Crippen molar-refractivity contribution in [2.45, 2.75) is 44.4 Å². The molecular weight excluding hydrogens is 245 g/mol. The van der Waals surface area contributed by atoms with Crippen molar-refractivity contribution >= 4 is 0 Å². The van der Waals surface area contributed by atoms with Gasteiger partial charge in [0.2, 0.25) is 0 Å². The quantitative estimate of drug-likeness (QED) is 0.906. The zero-order valence-corrected chi connectivity index (χ0v) is 10.2. The van der Waals surface area contributed by atoms with Crippen LogP contribution in [0.25, 0.3) is 0 Å². The minimum absolute atomic E-state index is 0.222. The molecular formula is C11H17F3N4. The number of hydrogen-bond acceptors (Lipinski definition) is 3. The van der Waals surface area contributed by atoms with Crippen LogP contribution in [0.1, 0.15) is 31.5 Å². The van der Waals surface area contributed by atoms with Gasteiger partial charge in [0.15, 0.2) is 0 Å². The first kappa shape index (κ1) is 13.3. The Morgan fingerprint density at radius 3 is 2.72 bits per heavy atom. The van der Waals surface area contributed by atoms with E-state index in [9.17, 15) is 13.2 Å². The Hall–Kier alpha value is -1.11. The van der Waals surface area contributed by atoms with Crippen LogP contribution >= 0.6 is 0 Å². The van der Waals surface area contributed by atoms with E-state index in [-0.39, 0.29) is 6.42 Å². The summed E-state index contributed by atoms with van der Waals surface area (Å²) in [6, 6.07) is -0.504. The Labute approximate surface area is 104 Å². The second kappa shape index (κ2) is 5.26. The topological polar surface area (TPSA) is 42.7 Å². The molecule has 102 valence electrons. The van der Waals surface area contributed by atoms with E-state index in [1.165, 1.54) is 6.33 Å². The molecule has 0 amide bonds. The highest BCUT2D eigenvalue weighted by molar-refractivity contribution is 4.89. The van der Waals surface area contributed by atoms with Gasteiger partial charge in [-0.15, -0.1) is 0 Å². The van der Waals surface area contributed by atoms with Gasteiger partial charge in [-0.1, -0.05) is 12.8 Å². The average molecular weight is 262 g/mol. The summed E-state index contributed by atoms with van der Waals surface area (Å²) in [6.07, 6.45) is -0.408. The number of alkyl halides is 3. The fraction of sp³-hybridized carbons (Fsp3) is 0.818. The smallest absolute Gasteiger partial charge is 0.306 e. The fourth-order valence-electron chi connectivity index (χ4n) is 2.47. The van der Waals surface area contributed by atoms with E-state index in [2.05, 4.69) is 15.4 Å².